The van der Waals surface area contributed by atoms with Crippen molar-refractivity contribution in [2.75, 3.05) is 18.4 Å². The highest BCUT2D eigenvalue weighted by atomic mass is 32.1. The maximum atomic E-state index is 5.66. The molecule has 0 spiro atoms. The van der Waals surface area contributed by atoms with Gasteiger partial charge < -0.3 is 11.1 Å². The first-order chi connectivity index (χ1) is 11.8. The van der Waals surface area contributed by atoms with Gasteiger partial charge in [-0.1, -0.05) is 12.1 Å². The van der Waals surface area contributed by atoms with E-state index >= 15 is 0 Å². The molecule has 3 aromatic rings. The molecule has 5 nitrogen and oxygen atoms in total. The van der Waals surface area contributed by atoms with Crippen LogP contribution in [0.15, 0.2) is 24.3 Å². The number of hydrogen-bond donors (Lipinski definition) is 2. The number of nitrogens with one attached hydrogen (secondary N) is 1. The third-order valence-corrected chi connectivity index (χ3v) is 5.51. The topological polar surface area (TPSA) is 76.7 Å². The van der Waals surface area contributed by atoms with Crippen LogP contribution in [0.2, 0.25) is 0 Å². The molecule has 0 fully saturated rings. The summed E-state index contributed by atoms with van der Waals surface area (Å²) in [7, 11) is 0. The van der Waals surface area contributed by atoms with Crippen LogP contribution in [0.3, 0.4) is 0 Å². The van der Waals surface area contributed by atoms with Crippen LogP contribution in [0.25, 0.3) is 10.9 Å². The summed E-state index contributed by atoms with van der Waals surface area (Å²) < 4.78 is 0. The third kappa shape index (κ3) is 3.12. The number of aryl methyl sites for hydroxylation is 2. The molecule has 0 bridgehead atoms. The van der Waals surface area contributed by atoms with E-state index in [0.717, 1.165) is 41.9 Å². The molecule has 124 valence electrons. The summed E-state index contributed by atoms with van der Waals surface area (Å²) in [6, 6.07) is 8.10. The molecule has 1 aliphatic rings. The summed E-state index contributed by atoms with van der Waals surface area (Å²) in [5.74, 6) is 1.69. The zero-order valence-corrected chi connectivity index (χ0v) is 14.4. The molecule has 1 aliphatic carbocycles. The van der Waals surface area contributed by atoms with Gasteiger partial charge in [0.2, 0.25) is 0 Å². The van der Waals surface area contributed by atoms with Gasteiger partial charge in [0.25, 0.3) is 0 Å². The summed E-state index contributed by atoms with van der Waals surface area (Å²) >= 11 is 1.87. The minimum Gasteiger partial charge on any atom is -0.369 e. The van der Waals surface area contributed by atoms with Gasteiger partial charge in [0, 0.05) is 29.6 Å². The Kier molecular flexibility index (Phi) is 4.40. The maximum Gasteiger partial charge on any atom is 0.137 e. The third-order valence-electron chi connectivity index (χ3n) is 4.29. The fourth-order valence-corrected chi connectivity index (χ4v) is 4.30. The summed E-state index contributed by atoms with van der Waals surface area (Å²) in [6.45, 7) is 1.39. The Morgan fingerprint density at radius 3 is 2.88 bits per heavy atom. The molecule has 0 atom stereocenters. The zero-order chi connectivity index (χ0) is 16.4. The summed E-state index contributed by atoms with van der Waals surface area (Å²) in [5, 5.41) is 5.76. The summed E-state index contributed by atoms with van der Waals surface area (Å²) in [4.78, 5) is 15.5. The number of rotatable bonds is 6. The van der Waals surface area contributed by atoms with E-state index in [1.165, 1.54) is 28.4 Å². The smallest absolute Gasteiger partial charge is 0.137 e. The molecular weight excluding hydrogens is 318 g/mol. The minimum absolute atomic E-state index is 0.558. The number of aromatic nitrogens is 3. The molecule has 2 aromatic heterocycles. The van der Waals surface area contributed by atoms with Crippen LogP contribution in [-0.2, 0) is 25.7 Å². The Hall–Kier alpha value is -2.05. The highest BCUT2D eigenvalue weighted by Gasteiger charge is 2.16. The Morgan fingerprint density at radius 1 is 1.08 bits per heavy atom. The van der Waals surface area contributed by atoms with E-state index in [9.17, 15) is 0 Å². The van der Waals surface area contributed by atoms with E-state index in [0.29, 0.717) is 13.0 Å². The lowest BCUT2D eigenvalue weighted by Gasteiger charge is -2.10. The summed E-state index contributed by atoms with van der Waals surface area (Å²) in [5.41, 5.74) is 7.95. The highest BCUT2D eigenvalue weighted by molar-refractivity contribution is 7.11. The average Bonchev–Trinajstić information content (AvgIpc) is 3.16. The molecule has 0 unspecified atom stereocenters. The lowest BCUT2D eigenvalue weighted by atomic mass is 10.2. The number of thiazole rings is 1. The standard InChI is InChI=1S/C18H21N5S/c19-10-8-16-21-13-5-2-1-4-12(13)18(23-16)20-11-9-17-22-14-6-3-7-15(14)24-17/h1-2,4-5H,3,6-11,19H2,(H,20,21,23). The lowest BCUT2D eigenvalue weighted by Crippen LogP contribution is -2.11. The number of fused-ring (bicyclic) bond motifs is 2. The van der Waals surface area contributed by atoms with Crippen molar-refractivity contribution in [3.63, 3.8) is 0 Å². The highest BCUT2D eigenvalue weighted by Crippen LogP contribution is 2.28. The van der Waals surface area contributed by atoms with Crippen LogP contribution in [0.1, 0.15) is 27.8 Å². The fourth-order valence-electron chi connectivity index (χ4n) is 3.14. The molecule has 2 heterocycles. The van der Waals surface area contributed by atoms with E-state index in [-0.39, 0.29) is 0 Å². The van der Waals surface area contributed by atoms with Gasteiger partial charge in [-0.15, -0.1) is 11.3 Å². The molecule has 0 saturated heterocycles. The van der Waals surface area contributed by atoms with Crippen molar-refractivity contribution in [1.82, 2.24) is 15.0 Å². The number of anilines is 1. The van der Waals surface area contributed by atoms with Gasteiger partial charge in [-0.3, -0.25) is 0 Å². The van der Waals surface area contributed by atoms with Crippen LogP contribution in [0.4, 0.5) is 5.82 Å². The van der Waals surface area contributed by atoms with Crippen LogP contribution in [0.5, 0.6) is 0 Å². The second-order valence-electron chi connectivity index (χ2n) is 6.05. The van der Waals surface area contributed by atoms with Crippen molar-refractivity contribution in [3.8, 4) is 0 Å². The molecule has 0 amide bonds. The van der Waals surface area contributed by atoms with Crippen LogP contribution in [0, 0.1) is 0 Å². The predicted molar refractivity (Wildman–Crippen MR) is 98.6 cm³/mol. The summed E-state index contributed by atoms with van der Waals surface area (Å²) in [6.07, 6.45) is 5.25. The van der Waals surface area contributed by atoms with Gasteiger partial charge in [0.05, 0.1) is 16.2 Å². The van der Waals surface area contributed by atoms with Crippen molar-refractivity contribution >= 4 is 28.1 Å². The van der Waals surface area contributed by atoms with Crippen molar-refractivity contribution < 1.29 is 0 Å². The number of benzene rings is 1. The molecule has 0 radical (unpaired) electrons. The van der Waals surface area contributed by atoms with E-state index in [4.69, 9.17) is 10.7 Å². The van der Waals surface area contributed by atoms with Gasteiger partial charge in [-0.2, -0.15) is 0 Å². The molecule has 1 aromatic carbocycles. The normalized spacial score (nSPS) is 13.4. The molecule has 0 saturated carbocycles. The Balaban J connectivity index is 1.50. The Morgan fingerprint density at radius 2 is 2.00 bits per heavy atom. The van der Waals surface area contributed by atoms with Crippen molar-refractivity contribution in [2.45, 2.75) is 32.1 Å². The van der Waals surface area contributed by atoms with Crippen LogP contribution >= 0.6 is 11.3 Å². The molecule has 3 N–H and O–H groups in total. The van der Waals surface area contributed by atoms with Crippen LogP contribution in [-0.4, -0.2) is 28.0 Å². The number of hydrogen-bond acceptors (Lipinski definition) is 6. The average molecular weight is 339 g/mol. The molecule has 6 heteroatoms. The number of para-hydroxylation sites is 1. The minimum atomic E-state index is 0.558. The molecule has 0 aliphatic heterocycles. The van der Waals surface area contributed by atoms with Crippen molar-refractivity contribution in [2.24, 2.45) is 5.73 Å². The van der Waals surface area contributed by atoms with E-state index in [1.54, 1.807) is 0 Å². The SMILES string of the molecule is NCCc1nc(NCCc2nc3c(s2)CCC3)c2ccccc2n1. The quantitative estimate of drug-likeness (QED) is 0.722. The Bertz CT molecular complexity index is 836. The number of nitrogens with two attached hydrogens (primary N) is 1. The monoisotopic (exact) mass is 339 g/mol. The van der Waals surface area contributed by atoms with Crippen molar-refractivity contribution in [3.05, 3.63) is 45.7 Å². The first-order valence-corrected chi connectivity index (χ1v) is 9.32. The predicted octanol–water partition coefficient (Wildman–Crippen LogP) is 2.73. The molecule has 4 rings (SSSR count). The van der Waals surface area contributed by atoms with E-state index in [1.807, 2.05) is 29.5 Å². The van der Waals surface area contributed by atoms with E-state index in [2.05, 4.69) is 21.4 Å². The van der Waals surface area contributed by atoms with E-state index < -0.39 is 0 Å². The van der Waals surface area contributed by atoms with Gasteiger partial charge in [0.15, 0.2) is 0 Å². The zero-order valence-electron chi connectivity index (χ0n) is 13.6. The molecular formula is C18H21N5S. The fraction of sp³-hybridized carbons (Fsp3) is 0.389. The Labute approximate surface area is 145 Å². The largest absolute Gasteiger partial charge is 0.369 e. The second kappa shape index (κ2) is 6.83. The first kappa shape index (κ1) is 15.5. The van der Waals surface area contributed by atoms with Gasteiger partial charge in [-0.05, 0) is 37.9 Å². The number of nitrogens with zero attached hydrogens (tertiary/aromatic N) is 3. The van der Waals surface area contributed by atoms with Gasteiger partial charge in [-0.25, -0.2) is 15.0 Å². The van der Waals surface area contributed by atoms with Gasteiger partial charge in [0.1, 0.15) is 11.6 Å². The van der Waals surface area contributed by atoms with Crippen molar-refractivity contribution in [1.29, 1.82) is 0 Å². The second-order valence-corrected chi connectivity index (χ2v) is 7.22. The van der Waals surface area contributed by atoms with Crippen LogP contribution < -0.4 is 11.1 Å². The molecule has 24 heavy (non-hydrogen) atoms. The lowest BCUT2D eigenvalue weighted by molar-refractivity contribution is 0.872. The maximum absolute atomic E-state index is 5.66. The van der Waals surface area contributed by atoms with Gasteiger partial charge >= 0.3 is 0 Å². The first-order valence-electron chi connectivity index (χ1n) is 8.50.